The van der Waals surface area contributed by atoms with Gasteiger partial charge in [0.05, 0.1) is 0 Å². The summed E-state index contributed by atoms with van der Waals surface area (Å²) in [5.41, 5.74) is 0.618. The lowest BCUT2D eigenvalue weighted by Crippen LogP contribution is -2.46. The van der Waals surface area contributed by atoms with E-state index < -0.39 is 6.09 Å². The van der Waals surface area contributed by atoms with Crippen molar-refractivity contribution >= 4 is 12.0 Å². The molecule has 1 fully saturated rings. The summed E-state index contributed by atoms with van der Waals surface area (Å²) in [6.45, 7) is 0.884. The molecule has 0 radical (unpaired) electrons. The smallest absolute Gasteiger partial charge is 0.407 e. The maximum absolute atomic E-state index is 12.0. The number of aromatic nitrogens is 3. The van der Waals surface area contributed by atoms with E-state index in [4.69, 9.17) is 9.63 Å². The molecule has 3 heterocycles. The predicted molar refractivity (Wildman–Crippen MR) is 86.6 cm³/mol. The second kappa shape index (κ2) is 7.73. The molecule has 2 aromatic rings. The van der Waals surface area contributed by atoms with E-state index in [9.17, 15) is 9.59 Å². The van der Waals surface area contributed by atoms with Crippen molar-refractivity contribution in [2.24, 2.45) is 0 Å². The zero-order valence-corrected chi connectivity index (χ0v) is 13.6. The first-order valence-corrected chi connectivity index (χ1v) is 8.13. The van der Waals surface area contributed by atoms with Gasteiger partial charge < -0.3 is 19.8 Å². The maximum atomic E-state index is 12.0. The number of nitrogens with zero attached hydrogens (tertiary/aromatic N) is 4. The SMILES string of the molecule is O=C(CCc1nc(-c2ccccn2)no1)NC1CCN(C(=O)O)CC1. The molecule has 0 bridgehead atoms. The fourth-order valence-electron chi connectivity index (χ4n) is 2.69. The number of likely N-dealkylation sites (tertiary alicyclic amines) is 1. The van der Waals surface area contributed by atoms with E-state index >= 15 is 0 Å². The number of hydrogen-bond acceptors (Lipinski definition) is 6. The summed E-state index contributed by atoms with van der Waals surface area (Å²) in [6, 6.07) is 5.43. The Morgan fingerprint density at radius 1 is 1.32 bits per heavy atom. The minimum atomic E-state index is -0.912. The van der Waals surface area contributed by atoms with Gasteiger partial charge in [-0.25, -0.2) is 4.79 Å². The number of piperidine rings is 1. The van der Waals surface area contributed by atoms with Gasteiger partial charge in [-0.2, -0.15) is 4.98 Å². The predicted octanol–water partition coefficient (Wildman–Crippen LogP) is 1.32. The highest BCUT2D eigenvalue weighted by molar-refractivity contribution is 5.76. The van der Waals surface area contributed by atoms with E-state index in [1.54, 1.807) is 18.3 Å². The third-order valence-electron chi connectivity index (χ3n) is 4.06. The molecule has 9 nitrogen and oxygen atoms in total. The number of carboxylic acid groups (broad SMARTS) is 1. The van der Waals surface area contributed by atoms with Crippen LogP contribution in [0.5, 0.6) is 0 Å². The number of carbonyl (C=O) groups excluding carboxylic acids is 1. The molecule has 0 atom stereocenters. The first-order chi connectivity index (χ1) is 12.1. The van der Waals surface area contributed by atoms with Crippen LogP contribution in [0.2, 0.25) is 0 Å². The number of amides is 2. The molecule has 2 N–H and O–H groups in total. The summed E-state index contributed by atoms with van der Waals surface area (Å²) in [5.74, 6) is 0.680. The van der Waals surface area contributed by atoms with Gasteiger partial charge in [-0.1, -0.05) is 11.2 Å². The molecule has 0 aromatic carbocycles. The number of nitrogens with one attached hydrogen (secondary N) is 1. The van der Waals surface area contributed by atoms with Crippen molar-refractivity contribution < 1.29 is 19.2 Å². The van der Waals surface area contributed by atoms with E-state index in [-0.39, 0.29) is 18.4 Å². The largest absolute Gasteiger partial charge is 0.465 e. The summed E-state index contributed by atoms with van der Waals surface area (Å²) in [6.07, 6.45) is 2.58. The van der Waals surface area contributed by atoms with Gasteiger partial charge in [0.15, 0.2) is 0 Å². The fraction of sp³-hybridized carbons (Fsp3) is 0.438. The summed E-state index contributed by atoms with van der Waals surface area (Å²) in [4.78, 5) is 32.6. The van der Waals surface area contributed by atoms with Crippen LogP contribution in [-0.2, 0) is 11.2 Å². The van der Waals surface area contributed by atoms with Crippen molar-refractivity contribution in [2.75, 3.05) is 13.1 Å². The third kappa shape index (κ3) is 4.52. The summed E-state index contributed by atoms with van der Waals surface area (Å²) >= 11 is 0. The lowest BCUT2D eigenvalue weighted by molar-refractivity contribution is -0.122. The Bertz CT molecular complexity index is 725. The third-order valence-corrected chi connectivity index (χ3v) is 4.06. The second-order valence-corrected chi connectivity index (χ2v) is 5.84. The van der Waals surface area contributed by atoms with Gasteiger partial charge in [0.2, 0.25) is 17.6 Å². The molecular formula is C16H19N5O4. The van der Waals surface area contributed by atoms with Crippen molar-refractivity contribution in [3.63, 3.8) is 0 Å². The molecule has 3 rings (SSSR count). The lowest BCUT2D eigenvalue weighted by atomic mass is 10.1. The van der Waals surface area contributed by atoms with Crippen LogP contribution in [0.1, 0.15) is 25.2 Å². The Morgan fingerprint density at radius 2 is 2.12 bits per heavy atom. The Morgan fingerprint density at radius 3 is 2.80 bits per heavy atom. The van der Waals surface area contributed by atoms with Crippen LogP contribution in [0.3, 0.4) is 0 Å². The number of hydrogen-bond donors (Lipinski definition) is 2. The number of carbonyl (C=O) groups is 2. The van der Waals surface area contributed by atoms with E-state index in [0.717, 1.165) is 0 Å². The number of pyridine rings is 1. The molecule has 1 saturated heterocycles. The normalized spacial score (nSPS) is 15.1. The monoisotopic (exact) mass is 345 g/mol. The van der Waals surface area contributed by atoms with Crippen molar-refractivity contribution in [2.45, 2.75) is 31.7 Å². The fourth-order valence-corrected chi connectivity index (χ4v) is 2.69. The van der Waals surface area contributed by atoms with Crippen molar-refractivity contribution in [1.82, 2.24) is 25.3 Å². The zero-order chi connectivity index (χ0) is 17.6. The van der Waals surface area contributed by atoms with E-state index in [1.807, 2.05) is 6.07 Å². The topological polar surface area (TPSA) is 121 Å². The first kappa shape index (κ1) is 16.9. The Kier molecular flexibility index (Phi) is 5.22. The average molecular weight is 345 g/mol. The molecular weight excluding hydrogens is 326 g/mol. The number of rotatable bonds is 5. The molecule has 0 saturated carbocycles. The summed E-state index contributed by atoms with van der Waals surface area (Å²) < 4.78 is 5.15. The lowest BCUT2D eigenvalue weighted by Gasteiger charge is -2.30. The molecule has 2 amide bonds. The zero-order valence-electron chi connectivity index (χ0n) is 13.6. The standard InChI is InChI=1S/C16H19N5O4/c22-13(18-11-6-9-21(10-7-11)16(23)24)4-5-14-19-15(20-25-14)12-3-1-2-8-17-12/h1-3,8,11H,4-7,9-10H2,(H,18,22)(H,23,24). The Hall–Kier alpha value is -2.97. The van der Waals surface area contributed by atoms with E-state index in [2.05, 4.69) is 20.4 Å². The van der Waals surface area contributed by atoms with Crippen LogP contribution < -0.4 is 5.32 Å². The summed E-state index contributed by atoms with van der Waals surface area (Å²) in [7, 11) is 0. The van der Waals surface area contributed by atoms with Gasteiger partial charge in [-0.05, 0) is 25.0 Å². The quantitative estimate of drug-likeness (QED) is 0.838. The molecule has 9 heteroatoms. The average Bonchev–Trinajstić information content (AvgIpc) is 3.10. The molecule has 2 aromatic heterocycles. The van der Waals surface area contributed by atoms with Crippen LogP contribution in [0, 0.1) is 0 Å². The molecule has 0 aliphatic carbocycles. The maximum Gasteiger partial charge on any atom is 0.407 e. The van der Waals surface area contributed by atoms with Gasteiger partial charge in [-0.3, -0.25) is 9.78 Å². The van der Waals surface area contributed by atoms with Gasteiger partial charge in [0, 0.05) is 38.2 Å². The van der Waals surface area contributed by atoms with Crippen molar-refractivity contribution in [3.05, 3.63) is 30.3 Å². The minimum absolute atomic E-state index is 0.00913. The van der Waals surface area contributed by atoms with Crippen molar-refractivity contribution in [1.29, 1.82) is 0 Å². The molecule has 132 valence electrons. The van der Waals surface area contributed by atoms with Crippen LogP contribution in [-0.4, -0.2) is 56.3 Å². The van der Waals surface area contributed by atoms with E-state index in [1.165, 1.54) is 4.90 Å². The first-order valence-electron chi connectivity index (χ1n) is 8.13. The Balaban J connectivity index is 1.44. The molecule has 25 heavy (non-hydrogen) atoms. The van der Waals surface area contributed by atoms with E-state index in [0.29, 0.717) is 49.8 Å². The summed E-state index contributed by atoms with van der Waals surface area (Å²) in [5, 5.41) is 15.7. The highest BCUT2D eigenvalue weighted by Crippen LogP contribution is 2.13. The highest BCUT2D eigenvalue weighted by atomic mass is 16.5. The van der Waals surface area contributed by atoms with Gasteiger partial charge >= 0.3 is 6.09 Å². The van der Waals surface area contributed by atoms with Crippen molar-refractivity contribution in [3.8, 4) is 11.5 Å². The number of aryl methyl sites for hydroxylation is 1. The van der Waals surface area contributed by atoms with Gasteiger partial charge in [0.25, 0.3) is 0 Å². The highest BCUT2D eigenvalue weighted by Gasteiger charge is 2.23. The molecule has 0 unspecified atom stereocenters. The molecule has 1 aliphatic rings. The Labute approximate surface area is 144 Å². The van der Waals surface area contributed by atoms with Crippen LogP contribution in [0.4, 0.5) is 4.79 Å². The van der Waals surface area contributed by atoms with Gasteiger partial charge in [0.1, 0.15) is 5.69 Å². The minimum Gasteiger partial charge on any atom is -0.465 e. The van der Waals surface area contributed by atoms with Crippen LogP contribution >= 0.6 is 0 Å². The van der Waals surface area contributed by atoms with Crippen LogP contribution in [0.25, 0.3) is 11.5 Å². The van der Waals surface area contributed by atoms with Crippen LogP contribution in [0.15, 0.2) is 28.9 Å². The molecule has 0 spiro atoms. The van der Waals surface area contributed by atoms with Gasteiger partial charge in [-0.15, -0.1) is 0 Å². The second-order valence-electron chi connectivity index (χ2n) is 5.84. The molecule has 1 aliphatic heterocycles.